The monoisotopic (exact) mass is 239 g/mol. The molecule has 0 unspecified atom stereocenters. The van der Waals surface area contributed by atoms with Crippen molar-refractivity contribution in [2.75, 3.05) is 0 Å². The Balaban J connectivity index is 1.79. The topological polar surface area (TPSA) is 33.1 Å². The second-order valence-corrected chi connectivity index (χ2v) is 5.03. The fraction of sp³-hybridized carbons (Fsp3) is 0.312. The fourth-order valence-electron chi connectivity index (χ4n) is 2.76. The van der Waals surface area contributed by atoms with Crippen molar-refractivity contribution in [1.29, 1.82) is 0 Å². The van der Waals surface area contributed by atoms with Gasteiger partial charge in [-0.15, -0.1) is 0 Å². The molecule has 0 spiro atoms. The number of aliphatic hydroxyl groups is 1. The Hall–Kier alpha value is -1.67. The van der Waals surface area contributed by atoms with Crippen LogP contribution >= 0.6 is 0 Å². The van der Waals surface area contributed by atoms with E-state index in [1.165, 1.54) is 11.1 Å². The lowest BCUT2D eigenvalue weighted by atomic mass is 9.79. The van der Waals surface area contributed by atoms with Crippen molar-refractivity contribution in [2.45, 2.75) is 25.4 Å². The van der Waals surface area contributed by atoms with Gasteiger partial charge in [-0.25, -0.2) is 0 Å². The Labute approximate surface area is 107 Å². The van der Waals surface area contributed by atoms with Gasteiger partial charge in [-0.2, -0.15) is 0 Å². The minimum atomic E-state index is -0.248. The molecule has 1 aliphatic carbocycles. The third kappa shape index (κ3) is 2.29. The second-order valence-electron chi connectivity index (χ2n) is 5.03. The Morgan fingerprint density at radius 2 is 1.72 bits per heavy atom. The lowest BCUT2D eigenvalue weighted by Gasteiger charge is -2.29. The number of aliphatic hydroxyl groups excluding tert-OH is 1. The summed E-state index contributed by atoms with van der Waals surface area (Å²) in [7, 11) is 0. The first kappa shape index (κ1) is 11.4. The smallest absolute Gasteiger partial charge is 0.0615 e. The first-order chi connectivity index (χ1) is 8.83. The number of rotatable bonds is 2. The van der Waals surface area contributed by atoms with Crippen LogP contribution in [-0.2, 0) is 19.3 Å². The Bertz CT molecular complexity index is 524. The first-order valence-electron chi connectivity index (χ1n) is 6.47. The van der Waals surface area contributed by atoms with Gasteiger partial charge in [-0.3, -0.25) is 4.98 Å². The van der Waals surface area contributed by atoms with E-state index in [1.54, 1.807) is 0 Å². The van der Waals surface area contributed by atoms with Crippen LogP contribution in [0.3, 0.4) is 0 Å². The highest BCUT2D eigenvalue weighted by atomic mass is 16.3. The maximum Gasteiger partial charge on any atom is 0.0615 e. The van der Waals surface area contributed by atoms with E-state index in [0.29, 0.717) is 0 Å². The molecule has 1 N–H and O–H groups in total. The molecule has 0 radical (unpaired) electrons. The van der Waals surface area contributed by atoms with E-state index in [9.17, 15) is 5.11 Å². The van der Waals surface area contributed by atoms with Gasteiger partial charge in [0.05, 0.1) is 6.10 Å². The number of hydrogen-bond donors (Lipinski definition) is 1. The quantitative estimate of drug-likeness (QED) is 0.873. The third-order valence-electron chi connectivity index (χ3n) is 3.77. The van der Waals surface area contributed by atoms with Crippen LogP contribution in [0.1, 0.15) is 16.8 Å². The van der Waals surface area contributed by atoms with Crippen LogP contribution in [0, 0.1) is 5.92 Å². The molecule has 92 valence electrons. The van der Waals surface area contributed by atoms with Crippen molar-refractivity contribution < 1.29 is 5.11 Å². The van der Waals surface area contributed by atoms with E-state index >= 15 is 0 Å². The van der Waals surface area contributed by atoms with Gasteiger partial charge in [-0.05, 0) is 48.4 Å². The van der Waals surface area contributed by atoms with Crippen LogP contribution in [0.15, 0.2) is 48.7 Å². The lowest BCUT2D eigenvalue weighted by molar-refractivity contribution is 0.0989. The van der Waals surface area contributed by atoms with Crippen molar-refractivity contribution in [3.8, 4) is 0 Å². The number of hydrogen-bond acceptors (Lipinski definition) is 2. The number of benzene rings is 1. The molecular weight excluding hydrogens is 222 g/mol. The van der Waals surface area contributed by atoms with Gasteiger partial charge < -0.3 is 5.11 Å². The minimum absolute atomic E-state index is 0.248. The summed E-state index contributed by atoms with van der Waals surface area (Å²) in [6.45, 7) is 0. The molecule has 1 heterocycles. The van der Waals surface area contributed by atoms with E-state index in [0.717, 1.165) is 25.0 Å². The average molecular weight is 239 g/mol. The molecule has 0 saturated heterocycles. The molecule has 2 nitrogen and oxygen atoms in total. The predicted molar refractivity (Wildman–Crippen MR) is 71.3 cm³/mol. The normalized spacial score (nSPS) is 22.5. The maximum absolute atomic E-state index is 10.2. The summed E-state index contributed by atoms with van der Waals surface area (Å²) in [6, 6.07) is 14.4. The standard InChI is InChI=1S/C16H17NO/c18-16-11-13-6-2-1-5-12(13)9-14(16)10-15-7-3-4-8-17-15/h1-8,14,16,18H,9-11H2/t14-,16+/m1/s1. The number of nitrogens with zero attached hydrogens (tertiary/aromatic N) is 1. The van der Waals surface area contributed by atoms with Gasteiger partial charge >= 0.3 is 0 Å². The summed E-state index contributed by atoms with van der Waals surface area (Å²) in [5.74, 6) is 0.287. The van der Waals surface area contributed by atoms with E-state index in [1.807, 2.05) is 30.5 Å². The van der Waals surface area contributed by atoms with Gasteiger partial charge in [0.2, 0.25) is 0 Å². The summed E-state index contributed by atoms with van der Waals surface area (Å²) in [4.78, 5) is 4.35. The third-order valence-corrected chi connectivity index (χ3v) is 3.77. The Kier molecular flexibility index (Phi) is 3.11. The molecule has 0 saturated carbocycles. The Morgan fingerprint density at radius 1 is 1.00 bits per heavy atom. The highest BCUT2D eigenvalue weighted by Crippen LogP contribution is 2.27. The Morgan fingerprint density at radius 3 is 2.44 bits per heavy atom. The van der Waals surface area contributed by atoms with E-state index in [-0.39, 0.29) is 12.0 Å². The largest absolute Gasteiger partial charge is 0.392 e. The lowest BCUT2D eigenvalue weighted by Crippen LogP contribution is -2.31. The van der Waals surface area contributed by atoms with Crippen molar-refractivity contribution in [3.63, 3.8) is 0 Å². The zero-order chi connectivity index (χ0) is 12.4. The number of fused-ring (bicyclic) bond motifs is 1. The summed E-state index contributed by atoms with van der Waals surface area (Å²) in [5.41, 5.74) is 3.74. The van der Waals surface area contributed by atoms with Gasteiger partial charge in [0.25, 0.3) is 0 Å². The molecule has 2 atom stereocenters. The molecule has 0 aliphatic heterocycles. The average Bonchev–Trinajstić information content (AvgIpc) is 2.41. The van der Waals surface area contributed by atoms with Crippen molar-refractivity contribution in [3.05, 3.63) is 65.5 Å². The molecular formula is C16H17NO. The zero-order valence-electron chi connectivity index (χ0n) is 10.3. The van der Waals surface area contributed by atoms with Crippen LogP contribution < -0.4 is 0 Å². The summed E-state index contributed by atoms with van der Waals surface area (Å²) in [6.07, 6.45) is 4.15. The first-order valence-corrected chi connectivity index (χ1v) is 6.47. The molecule has 0 bridgehead atoms. The molecule has 0 amide bonds. The van der Waals surface area contributed by atoms with Crippen molar-refractivity contribution >= 4 is 0 Å². The summed E-state index contributed by atoms with van der Waals surface area (Å²) < 4.78 is 0. The van der Waals surface area contributed by atoms with Gasteiger partial charge in [0.1, 0.15) is 0 Å². The fourth-order valence-corrected chi connectivity index (χ4v) is 2.76. The minimum Gasteiger partial charge on any atom is -0.392 e. The zero-order valence-corrected chi connectivity index (χ0v) is 10.3. The molecule has 2 aromatic rings. The molecule has 0 fully saturated rings. The van der Waals surface area contributed by atoms with Crippen LogP contribution in [0.5, 0.6) is 0 Å². The number of aromatic nitrogens is 1. The molecule has 18 heavy (non-hydrogen) atoms. The van der Waals surface area contributed by atoms with E-state index < -0.39 is 0 Å². The molecule has 3 rings (SSSR count). The molecule has 1 aliphatic rings. The van der Waals surface area contributed by atoms with Crippen molar-refractivity contribution in [2.24, 2.45) is 5.92 Å². The van der Waals surface area contributed by atoms with E-state index in [2.05, 4.69) is 23.2 Å². The summed E-state index contributed by atoms with van der Waals surface area (Å²) in [5, 5.41) is 10.2. The van der Waals surface area contributed by atoms with Crippen LogP contribution in [0.4, 0.5) is 0 Å². The molecule has 1 aromatic heterocycles. The number of pyridine rings is 1. The highest BCUT2D eigenvalue weighted by Gasteiger charge is 2.26. The van der Waals surface area contributed by atoms with Crippen LogP contribution in [0.2, 0.25) is 0 Å². The van der Waals surface area contributed by atoms with Crippen LogP contribution in [0.25, 0.3) is 0 Å². The van der Waals surface area contributed by atoms with Gasteiger partial charge in [-0.1, -0.05) is 30.3 Å². The van der Waals surface area contributed by atoms with Gasteiger partial charge in [0, 0.05) is 11.9 Å². The van der Waals surface area contributed by atoms with E-state index in [4.69, 9.17) is 0 Å². The maximum atomic E-state index is 10.2. The predicted octanol–water partition coefficient (Wildman–Crippen LogP) is 2.40. The highest BCUT2D eigenvalue weighted by molar-refractivity contribution is 5.31. The molecule has 2 heteroatoms. The summed E-state index contributed by atoms with van der Waals surface area (Å²) >= 11 is 0. The van der Waals surface area contributed by atoms with Crippen LogP contribution in [-0.4, -0.2) is 16.2 Å². The van der Waals surface area contributed by atoms with Gasteiger partial charge in [0.15, 0.2) is 0 Å². The van der Waals surface area contributed by atoms with Crippen molar-refractivity contribution in [1.82, 2.24) is 4.98 Å². The molecule has 1 aromatic carbocycles. The SMILES string of the molecule is O[C@H]1Cc2ccccc2C[C@@H]1Cc1ccccn1. The second kappa shape index (κ2) is 4.91.